The highest BCUT2D eigenvalue weighted by Gasteiger charge is 2.46. The van der Waals surface area contributed by atoms with Crippen LogP contribution in [0.3, 0.4) is 0 Å². The van der Waals surface area contributed by atoms with Crippen LogP contribution in [-0.4, -0.2) is 41.1 Å². The van der Waals surface area contributed by atoms with Crippen LogP contribution in [0.4, 0.5) is 0 Å². The first-order valence-electron chi connectivity index (χ1n) is 9.92. The second kappa shape index (κ2) is 9.74. The zero-order valence-electron chi connectivity index (χ0n) is 16.7. The summed E-state index contributed by atoms with van der Waals surface area (Å²) in [6.45, 7) is 6.88. The molecule has 150 valence electrons. The number of ether oxygens (including phenoxy) is 1. The van der Waals surface area contributed by atoms with E-state index >= 15 is 0 Å². The number of hydroxylamine groups is 1. The van der Waals surface area contributed by atoms with Gasteiger partial charge in [0.05, 0.1) is 12.0 Å². The third kappa shape index (κ3) is 5.01. The zero-order valence-corrected chi connectivity index (χ0v) is 16.7. The van der Waals surface area contributed by atoms with Crippen molar-refractivity contribution in [3.8, 4) is 5.75 Å². The van der Waals surface area contributed by atoms with Crippen LogP contribution in [0.15, 0.2) is 24.3 Å². The summed E-state index contributed by atoms with van der Waals surface area (Å²) in [7, 11) is 0. The van der Waals surface area contributed by atoms with E-state index in [4.69, 9.17) is 9.94 Å². The number of rotatable bonds is 10. The molecule has 0 saturated carbocycles. The van der Waals surface area contributed by atoms with E-state index < -0.39 is 17.4 Å². The Balaban J connectivity index is 2.01. The normalized spacial score (nSPS) is 20.6. The average Bonchev–Trinajstić information content (AvgIpc) is 2.99. The molecule has 0 bridgehead atoms. The molecule has 1 aliphatic heterocycles. The molecular weight excluding hydrogens is 344 g/mol. The number of carbonyl (C=O) groups excluding carboxylic acids is 2. The monoisotopic (exact) mass is 376 g/mol. The van der Waals surface area contributed by atoms with Crippen LogP contribution in [0.2, 0.25) is 0 Å². The standard InChI is InChI=1S/C21H32N2O4/c1-4-5-6-7-8-14-27-18-11-9-10-17(15-18)21(3)12-13-23(20(21)25)16(2)19(24)22-26/h9-11,15-16,26H,4-8,12-14H2,1-3H3,(H,22,24). The van der Waals surface area contributed by atoms with E-state index in [1.54, 1.807) is 12.4 Å². The molecule has 1 aliphatic rings. The molecule has 1 aromatic rings. The van der Waals surface area contributed by atoms with Crippen molar-refractivity contribution in [3.05, 3.63) is 29.8 Å². The van der Waals surface area contributed by atoms with Crippen molar-refractivity contribution in [2.45, 2.75) is 70.8 Å². The van der Waals surface area contributed by atoms with Crippen molar-refractivity contribution in [2.24, 2.45) is 0 Å². The number of nitrogens with one attached hydrogen (secondary N) is 1. The number of benzene rings is 1. The summed E-state index contributed by atoms with van der Waals surface area (Å²) in [6, 6.07) is 6.99. The minimum atomic E-state index is -0.702. The van der Waals surface area contributed by atoms with E-state index in [1.807, 2.05) is 31.2 Å². The highest BCUT2D eigenvalue weighted by atomic mass is 16.5. The molecule has 6 nitrogen and oxygen atoms in total. The summed E-state index contributed by atoms with van der Waals surface area (Å²) in [6.07, 6.45) is 6.55. The second-order valence-corrected chi connectivity index (χ2v) is 7.52. The lowest BCUT2D eigenvalue weighted by atomic mass is 9.81. The fraction of sp³-hybridized carbons (Fsp3) is 0.619. The fourth-order valence-electron chi connectivity index (χ4n) is 3.57. The Labute approximate surface area is 161 Å². The fourth-order valence-corrected chi connectivity index (χ4v) is 3.57. The highest BCUT2D eigenvalue weighted by Crippen LogP contribution is 2.37. The Kier molecular flexibility index (Phi) is 7.66. The van der Waals surface area contributed by atoms with Crippen molar-refractivity contribution in [1.82, 2.24) is 10.4 Å². The lowest BCUT2D eigenvalue weighted by Crippen LogP contribution is -2.47. The van der Waals surface area contributed by atoms with Gasteiger partial charge in [-0.2, -0.15) is 0 Å². The predicted octanol–water partition coefficient (Wildman–Crippen LogP) is 3.42. The molecule has 2 atom stereocenters. The molecule has 6 heteroatoms. The minimum Gasteiger partial charge on any atom is -0.494 e. The SMILES string of the molecule is CCCCCCCOc1cccc(C2(C)CCN(C(C)C(=O)NO)C2=O)c1. The van der Waals surface area contributed by atoms with Crippen LogP contribution in [0.25, 0.3) is 0 Å². The maximum Gasteiger partial charge on any atom is 0.265 e. The zero-order chi connectivity index (χ0) is 19.9. The number of likely N-dealkylation sites (tertiary alicyclic amines) is 1. The first-order chi connectivity index (χ1) is 12.9. The summed E-state index contributed by atoms with van der Waals surface area (Å²) in [5.74, 6) is 0.0969. The Morgan fingerprint density at radius 2 is 2.07 bits per heavy atom. The maximum atomic E-state index is 13.0. The topological polar surface area (TPSA) is 78.9 Å². The third-order valence-corrected chi connectivity index (χ3v) is 5.53. The van der Waals surface area contributed by atoms with Gasteiger partial charge in [0, 0.05) is 6.54 Å². The van der Waals surface area contributed by atoms with Gasteiger partial charge in [-0.1, -0.05) is 44.7 Å². The van der Waals surface area contributed by atoms with Crippen LogP contribution in [0.1, 0.15) is 64.9 Å². The van der Waals surface area contributed by atoms with E-state index in [0.717, 1.165) is 17.7 Å². The van der Waals surface area contributed by atoms with Gasteiger partial charge in [0.1, 0.15) is 11.8 Å². The number of hydrogen-bond donors (Lipinski definition) is 2. The smallest absolute Gasteiger partial charge is 0.265 e. The van der Waals surface area contributed by atoms with Crippen LogP contribution >= 0.6 is 0 Å². The molecule has 1 saturated heterocycles. The molecule has 0 spiro atoms. The second-order valence-electron chi connectivity index (χ2n) is 7.52. The lowest BCUT2D eigenvalue weighted by molar-refractivity contribution is -0.143. The summed E-state index contributed by atoms with van der Waals surface area (Å²) >= 11 is 0. The van der Waals surface area contributed by atoms with Crippen molar-refractivity contribution < 1.29 is 19.5 Å². The van der Waals surface area contributed by atoms with Gasteiger partial charge in [0.25, 0.3) is 5.91 Å². The number of nitrogens with zero attached hydrogens (tertiary/aromatic N) is 1. The molecule has 0 aliphatic carbocycles. The first-order valence-corrected chi connectivity index (χ1v) is 9.92. The Hall–Kier alpha value is -2.08. The number of hydrogen-bond acceptors (Lipinski definition) is 4. The summed E-state index contributed by atoms with van der Waals surface area (Å²) in [5, 5.41) is 8.83. The molecule has 2 N–H and O–H groups in total. The maximum absolute atomic E-state index is 13.0. The van der Waals surface area contributed by atoms with E-state index in [2.05, 4.69) is 6.92 Å². The molecule has 1 heterocycles. The molecule has 1 fully saturated rings. The number of unbranched alkanes of at least 4 members (excludes halogenated alkanes) is 4. The van der Waals surface area contributed by atoms with Gasteiger partial charge in [-0.3, -0.25) is 14.8 Å². The Morgan fingerprint density at radius 1 is 1.33 bits per heavy atom. The van der Waals surface area contributed by atoms with E-state index in [1.165, 1.54) is 30.6 Å². The molecule has 2 unspecified atom stereocenters. The summed E-state index contributed by atoms with van der Waals surface area (Å²) in [4.78, 5) is 26.2. The van der Waals surface area contributed by atoms with Crippen molar-refractivity contribution in [1.29, 1.82) is 0 Å². The molecule has 0 radical (unpaired) electrons. The van der Waals surface area contributed by atoms with Gasteiger partial charge in [-0.25, -0.2) is 5.48 Å². The van der Waals surface area contributed by atoms with Crippen molar-refractivity contribution in [2.75, 3.05) is 13.2 Å². The van der Waals surface area contributed by atoms with Gasteiger partial charge in [0.2, 0.25) is 5.91 Å². The van der Waals surface area contributed by atoms with E-state index in [-0.39, 0.29) is 5.91 Å². The summed E-state index contributed by atoms with van der Waals surface area (Å²) < 4.78 is 5.87. The van der Waals surface area contributed by atoms with Crippen molar-refractivity contribution in [3.63, 3.8) is 0 Å². The number of carbonyl (C=O) groups is 2. The molecule has 2 amide bonds. The van der Waals surface area contributed by atoms with Crippen LogP contribution in [-0.2, 0) is 15.0 Å². The van der Waals surface area contributed by atoms with Crippen LogP contribution in [0, 0.1) is 0 Å². The average molecular weight is 376 g/mol. The molecule has 1 aromatic carbocycles. The van der Waals surface area contributed by atoms with Gasteiger partial charge >= 0.3 is 0 Å². The van der Waals surface area contributed by atoms with Gasteiger partial charge < -0.3 is 9.64 Å². The van der Waals surface area contributed by atoms with Gasteiger partial charge in [-0.15, -0.1) is 0 Å². The number of amides is 2. The van der Waals surface area contributed by atoms with Crippen LogP contribution in [0.5, 0.6) is 5.75 Å². The molecule has 2 rings (SSSR count). The minimum absolute atomic E-state index is 0.102. The molecule has 0 aromatic heterocycles. The summed E-state index contributed by atoms with van der Waals surface area (Å²) in [5.41, 5.74) is 1.84. The Bertz CT molecular complexity index is 649. The first kappa shape index (κ1) is 21.2. The largest absolute Gasteiger partial charge is 0.494 e. The quantitative estimate of drug-likeness (QED) is 0.373. The third-order valence-electron chi connectivity index (χ3n) is 5.53. The van der Waals surface area contributed by atoms with Crippen molar-refractivity contribution >= 4 is 11.8 Å². The predicted molar refractivity (Wildman–Crippen MR) is 104 cm³/mol. The molecular formula is C21H32N2O4. The van der Waals surface area contributed by atoms with Gasteiger partial charge in [-0.05, 0) is 44.4 Å². The highest BCUT2D eigenvalue weighted by molar-refractivity contribution is 5.94. The van der Waals surface area contributed by atoms with Crippen LogP contribution < -0.4 is 10.2 Å². The van der Waals surface area contributed by atoms with E-state index in [9.17, 15) is 9.59 Å². The molecule has 27 heavy (non-hydrogen) atoms. The van der Waals surface area contributed by atoms with Gasteiger partial charge in [0.15, 0.2) is 0 Å². The van der Waals surface area contributed by atoms with E-state index in [0.29, 0.717) is 19.6 Å². The Morgan fingerprint density at radius 3 is 2.78 bits per heavy atom. The lowest BCUT2D eigenvalue weighted by Gasteiger charge is -2.27.